The van der Waals surface area contributed by atoms with E-state index in [1.54, 1.807) is 0 Å². The van der Waals surface area contributed by atoms with Crippen molar-refractivity contribution in [2.45, 2.75) is 367 Å². The third-order valence-corrected chi connectivity index (χ3v) is 15.1. The van der Waals surface area contributed by atoms with Crippen LogP contribution in [0, 0.1) is 0 Å². The minimum absolute atomic E-state index is 0.0690. The van der Waals surface area contributed by atoms with E-state index in [4.69, 9.17) is 14.2 Å². The van der Waals surface area contributed by atoms with Crippen LogP contribution >= 0.6 is 0 Å². The number of unbranched alkanes of at least 4 members (excludes halogenated alkanes) is 43. The van der Waals surface area contributed by atoms with Crippen LogP contribution in [0.2, 0.25) is 0 Å². The predicted molar refractivity (Wildman–Crippen MR) is 330 cm³/mol. The Bertz CT molecular complexity index is 1310. The van der Waals surface area contributed by atoms with Crippen molar-refractivity contribution in [3.05, 3.63) is 48.6 Å². The molecule has 0 fully saturated rings. The van der Waals surface area contributed by atoms with E-state index in [1.165, 1.54) is 238 Å². The number of carbonyl (C=O) groups excluding carboxylic acids is 3. The molecular formula is C70H128O6. The van der Waals surface area contributed by atoms with E-state index in [0.717, 1.165) is 83.5 Å². The van der Waals surface area contributed by atoms with Gasteiger partial charge < -0.3 is 14.2 Å². The average Bonchev–Trinajstić information content (AvgIpc) is 3.42. The van der Waals surface area contributed by atoms with Crippen LogP contribution in [0.4, 0.5) is 0 Å². The van der Waals surface area contributed by atoms with Gasteiger partial charge in [0.05, 0.1) is 0 Å². The standard InChI is InChI=1S/C70H128O6/c1-4-7-10-13-16-18-20-22-24-26-28-30-32-34-35-37-38-40-42-44-46-48-50-52-54-57-60-63-69(72)75-66-67(65-74-68(71)62-59-56-15-12-9-6-3)76-70(73)64-61-58-55-53-51-49-47-45-43-41-39-36-33-31-29-27-25-23-21-19-17-14-11-8-5-2/h8,11,17,19,23,25,29,31,67H,4-7,9-10,12-16,18,20-22,24,26-28,30,32-66H2,1-3H3/b11-8-,19-17-,25-23-,31-29-. The maximum absolute atomic E-state index is 12.9. The summed E-state index contributed by atoms with van der Waals surface area (Å²) in [5.41, 5.74) is 0. The van der Waals surface area contributed by atoms with Crippen LogP contribution in [0.15, 0.2) is 48.6 Å². The minimum atomic E-state index is -0.769. The fourth-order valence-electron chi connectivity index (χ4n) is 10.1. The molecule has 0 aliphatic heterocycles. The van der Waals surface area contributed by atoms with Crippen LogP contribution in [-0.4, -0.2) is 37.2 Å². The molecule has 0 aliphatic rings. The monoisotopic (exact) mass is 1060 g/mol. The summed E-state index contributed by atoms with van der Waals surface area (Å²) in [6, 6.07) is 0. The third-order valence-electron chi connectivity index (χ3n) is 15.1. The molecule has 0 rings (SSSR count). The molecule has 76 heavy (non-hydrogen) atoms. The van der Waals surface area contributed by atoms with Gasteiger partial charge in [-0.25, -0.2) is 0 Å². The number of carbonyl (C=O) groups is 3. The fraction of sp³-hybridized carbons (Fsp3) is 0.843. The number of allylic oxidation sites excluding steroid dienone is 8. The molecule has 0 saturated heterocycles. The molecule has 0 saturated carbocycles. The normalized spacial score (nSPS) is 12.3. The lowest BCUT2D eigenvalue weighted by molar-refractivity contribution is -0.167. The van der Waals surface area contributed by atoms with Crippen molar-refractivity contribution in [1.29, 1.82) is 0 Å². The van der Waals surface area contributed by atoms with E-state index >= 15 is 0 Å². The van der Waals surface area contributed by atoms with E-state index in [0.29, 0.717) is 19.3 Å². The van der Waals surface area contributed by atoms with Crippen LogP contribution in [0.3, 0.4) is 0 Å². The summed E-state index contributed by atoms with van der Waals surface area (Å²) in [6.45, 7) is 6.53. The van der Waals surface area contributed by atoms with Gasteiger partial charge in [0.1, 0.15) is 13.2 Å². The quantitative estimate of drug-likeness (QED) is 0.0261. The Morgan fingerprint density at radius 1 is 0.276 bits per heavy atom. The number of ether oxygens (including phenoxy) is 3. The van der Waals surface area contributed by atoms with Crippen LogP contribution in [0.5, 0.6) is 0 Å². The lowest BCUT2D eigenvalue weighted by atomic mass is 10.0. The smallest absolute Gasteiger partial charge is 0.306 e. The number of hydrogen-bond donors (Lipinski definition) is 0. The van der Waals surface area contributed by atoms with Crippen LogP contribution in [-0.2, 0) is 28.6 Å². The predicted octanol–water partition coefficient (Wildman–Crippen LogP) is 22.9. The zero-order valence-corrected chi connectivity index (χ0v) is 51.0. The first-order valence-corrected chi connectivity index (χ1v) is 33.6. The molecule has 0 aromatic rings. The van der Waals surface area contributed by atoms with Gasteiger partial charge >= 0.3 is 17.9 Å². The van der Waals surface area contributed by atoms with Crippen molar-refractivity contribution in [3.63, 3.8) is 0 Å². The highest BCUT2D eigenvalue weighted by atomic mass is 16.6. The van der Waals surface area contributed by atoms with Gasteiger partial charge in [0.2, 0.25) is 0 Å². The van der Waals surface area contributed by atoms with Crippen LogP contribution < -0.4 is 0 Å². The van der Waals surface area contributed by atoms with Gasteiger partial charge in [0, 0.05) is 19.3 Å². The first kappa shape index (κ1) is 73.4. The number of rotatable bonds is 62. The Morgan fingerprint density at radius 3 is 0.803 bits per heavy atom. The summed E-state index contributed by atoms with van der Waals surface area (Å²) >= 11 is 0. The van der Waals surface area contributed by atoms with Crippen LogP contribution in [0.1, 0.15) is 361 Å². The van der Waals surface area contributed by atoms with E-state index in [2.05, 4.69) is 69.4 Å². The van der Waals surface area contributed by atoms with Gasteiger partial charge in [0.15, 0.2) is 6.10 Å². The Kier molecular flexibility index (Phi) is 62.6. The SMILES string of the molecule is CC/C=C\C/C=C\C/C=C\C/C=C\CCCCCCCCCCCCCCC(=O)OC(COC(=O)CCCCCCCC)COC(=O)CCCCCCCCCCCCCCCCCCCCCCCCCCCCC. The maximum Gasteiger partial charge on any atom is 0.306 e. The van der Waals surface area contributed by atoms with Gasteiger partial charge in [0.25, 0.3) is 0 Å². The molecule has 1 atom stereocenters. The number of hydrogen-bond acceptors (Lipinski definition) is 6. The highest BCUT2D eigenvalue weighted by Gasteiger charge is 2.19. The summed E-state index contributed by atoms with van der Waals surface area (Å²) in [4.78, 5) is 38.1. The lowest BCUT2D eigenvalue weighted by Gasteiger charge is -2.18. The Labute approximate surface area is 473 Å². The first-order valence-electron chi connectivity index (χ1n) is 33.6. The molecule has 0 amide bonds. The maximum atomic E-state index is 12.9. The second-order valence-corrected chi connectivity index (χ2v) is 22.7. The molecular weight excluding hydrogens is 937 g/mol. The largest absolute Gasteiger partial charge is 0.462 e. The van der Waals surface area contributed by atoms with Crippen molar-refractivity contribution in [2.24, 2.45) is 0 Å². The zero-order valence-electron chi connectivity index (χ0n) is 51.0. The lowest BCUT2D eigenvalue weighted by Crippen LogP contribution is -2.30. The molecule has 444 valence electrons. The summed E-state index contributed by atoms with van der Waals surface area (Å²) in [5.74, 6) is -0.860. The molecule has 0 radical (unpaired) electrons. The molecule has 1 unspecified atom stereocenters. The minimum Gasteiger partial charge on any atom is -0.462 e. The number of esters is 3. The van der Waals surface area contributed by atoms with E-state index < -0.39 is 6.10 Å². The van der Waals surface area contributed by atoms with Crippen molar-refractivity contribution < 1.29 is 28.6 Å². The fourth-order valence-corrected chi connectivity index (χ4v) is 10.1. The summed E-state index contributed by atoms with van der Waals surface area (Å²) in [5, 5.41) is 0. The molecule has 6 nitrogen and oxygen atoms in total. The molecule has 0 aromatic heterocycles. The summed E-state index contributed by atoms with van der Waals surface area (Å²) < 4.78 is 16.8. The van der Waals surface area contributed by atoms with E-state index in [1.807, 2.05) is 0 Å². The van der Waals surface area contributed by atoms with Crippen molar-refractivity contribution in [2.75, 3.05) is 13.2 Å². The van der Waals surface area contributed by atoms with Crippen molar-refractivity contribution in [1.82, 2.24) is 0 Å². The van der Waals surface area contributed by atoms with Gasteiger partial charge in [-0.05, 0) is 57.8 Å². The molecule has 0 bridgehead atoms. The van der Waals surface area contributed by atoms with E-state index in [9.17, 15) is 14.4 Å². The topological polar surface area (TPSA) is 78.9 Å². The molecule has 0 aromatic carbocycles. The van der Waals surface area contributed by atoms with E-state index in [-0.39, 0.29) is 31.1 Å². The third kappa shape index (κ3) is 62.2. The highest BCUT2D eigenvalue weighted by molar-refractivity contribution is 5.71. The second kappa shape index (κ2) is 64.9. The average molecular weight is 1070 g/mol. The Morgan fingerprint density at radius 2 is 0.513 bits per heavy atom. The summed E-state index contributed by atoms with van der Waals surface area (Å²) in [6.07, 6.45) is 81.8. The molecule has 0 spiro atoms. The molecule has 0 N–H and O–H groups in total. The van der Waals surface area contributed by atoms with Crippen molar-refractivity contribution >= 4 is 17.9 Å². The van der Waals surface area contributed by atoms with Gasteiger partial charge in [-0.3, -0.25) is 14.4 Å². The van der Waals surface area contributed by atoms with Gasteiger partial charge in [-0.2, -0.15) is 0 Å². The molecule has 6 heteroatoms. The highest BCUT2D eigenvalue weighted by Crippen LogP contribution is 2.18. The van der Waals surface area contributed by atoms with Gasteiger partial charge in [-0.15, -0.1) is 0 Å². The summed E-state index contributed by atoms with van der Waals surface area (Å²) in [7, 11) is 0. The molecule has 0 heterocycles. The van der Waals surface area contributed by atoms with Gasteiger partial charge in [-0.1, -0.05) is 333 Å². The molecule has 0 aliphatic carbocycles. The first-order chi connectivity index (χ1) is 37.5. The Balaban J connectivity index is 4.01. The Hall–Kier alpha value is -2.63. The zero-order chi connectivity index (χ0) is 55.0. The second-order valence-electron chi connectivity index (χ2n) is 22.7. The van der Waals surface area contributed by atoms with Crippen molar-refractivity contribution in [3.8, 4) is 0 Å². The van der Waals surface area contributed by atoms with Crippen LogP contribution in [0.25, 0.3) is 0 Å².